The van der Waals surface area contributed by atoms with Crippen LogP contribution in [0.25, 0.3) is 0 Å². The molecule has 4 nitrogen and oxygen atoms in total. The third-order valence-corrected chi connectivity index (χ3v) is 2.53. The molecule has 3 N–H and O–H groups in total. The first kappa shape index (κ1) is 13.7. The highest BCUT2D eigenvalue weighted by Crippen LogP contribution is 2.21. The van der Waals surface area contributed by atoms with Crippen molar-refractivity contribution in [3.05, 3.63) is 29.8 Å². The minimum absolute atomic E-state index is 0.110. The summed E-state index contributed by atoms with van der Waals surface area (Å²) in [5.41, 5.74) is 6.48. The first-order chi connectivity index (χ1) is 7.80. The maximum atomic E-state index is 11.8. The molecule has 92 valence electrons. The molecular weight excluding hydrogens is 284 g/mol. The maximum absolute atomic E-state index is 11.8. The Kier molecular flexibility index (Phi) is 4.28. The lowest BCUT2D eigenvalue weighted by atomic mass is 10.1. The average molecular weight is 299 g/mol. The van der Waals surface area contributed by atoms with Crippen molar-refractivity contribution < 1.29 is 9.59 Å². The van der Waals surface area contributed by atoms with Crippen LogP contribution in [0.3, 0.4) is 0 Å². The number of benzene rings is 1. The quantitative estimate of drug-likeness (QED) is 0.832. The van der Waals surface area contributed by atoms with Gasteiger partial charge in [-0.1, -0.05) is 34.1 Å². The molecule has 0 saturated carbocycles. The molecule has 0 aliphatic rings. The molecular formula is C12H15BrN2O2. The zero-order chi connectivity index (χ0) is 13.1. The highest BCUT2D eigenvalue weighted by atomic mass is 79.9. The van der Waals surface area contributed by atoms with E-state index >= 15 is 0 Å². The molecule has 0 aliphatic heterocycles. The Balaban J connectivity index is 2.91. The third kappa shape index (κ3) is 4.19. The average Bonchev–Trinajstić information content (AvgIpc) is 2.18. The molecule has 0 unspecified atom stereocenters. The van der Waals surface area contributed by atoms with Crippen LogP contribution < -0.4 is 11.1 Å². The third-order valence-electron chi connectivity index (χ3n) is 2.17. The number of hydrogen-bond acceptors (Lipinski definition) is 2. The van der Waals surface area contributed by atoms with Gasteiger partial charge in [0.15, 0.2) is 0 Å². The fraction of sp³-hybridized carbons (Fsp3) is 0.333. The molecule has 0 heterocycles. The van der Waals surface area contributed by atoms with Crippen LogP contribution in [0.15, 0.2) is 24.3 Å². The predicted octanol–water partition coefficient (Wildman–Crippen LogP) is 1.83. The molecule has 0 saturated heterocycles. The van der Waals surface area contributed by atoms with Gasteiger partial charge in [-0.05, 0) is 25.5 Å². The Morgan fingerprint density at radius 3 is 2.47 bits per heavy atom. The van der Waals surface area contributed by atoms with Gasteiger partial charge in [-0.3, -0.25) is 9.59 Å². The normalized spacial score (nSPS) is 11.0. The monoisotopic (exact) mass is 298 g/mol. The molecule has 2 amide bonds. The van der Waals surface area contributed by atoms with Gasteiger partial charge in [-0.2, -0.15) is 0 Å². The van der Waals surface area contributed by atoms with Crippen LogP contribution in [0.1, 0.15) is 19.4 Å². The van der Waals surface area contributed by atoms with E-state index in [1.54, 1.807) is 38.1 Å². The van der Waals surface area contributed by atoms with Gasteiger partial charge in [0, 0.05) is 5.69 Å². The number of carbonyl (C=O) groups excluding carboxylic acids is 2. The first-order valence-electron chi connectivity index (χ1n) is 5.17. The van der Waals surface area contributed by atoms with Crippen molar-refractivity contribution in [2.45, 2.75) is 24.6 Å². The van der Waals surface area contributed by atoms with Gasteiger partial charge in [0.2, 0.25) is 11.8 Å². The number of anilines is 1. The van der Waals surface area contributed by atoms with E-state index < -0.39 is 10.2 Å². The van der Waals surface area contributed by atoms with E-state index in [0.717, 1.165) is 0 Å². The summed E-state index contributed by atoms with van der Waals surface area (Å²) in [6.45, 7) is 3.50. The van der Waals surface area contributed by atoms with Crippen molar-refractivity contribution in [2.24, 2.45) is 5.73 Å². The lowest BCUT2D eigenvalue weighted by molar-refractivity contribution is -0.118. The standard InChI is InChI=1S/C12H15BrN2O2/c1-12(2,13)11(17)15-9-6-4-3-5-8(9)7-10(14)16/h3-6H,7H2,1-2H3,(H2,14,16)(H,15,17). The molecule has 5 heteroatoms. The fourth-order valence-corrected chi connectivity index (χ4v) is 1.35. The van der Waals surface area contributed by atoms with Gasteiger partial charge in [0.05, 0.1) is 10.7 Å². The highest BCUT2D eigenvalue weighted by Gasteiger charge is 2.24. The Morgan fingerprint density at radius 2 is 1.94 bits per heavy atom. The van der Waals surface area contributed by atoms with Crippen molar-refractivity contribution in [3.8, 4) is 0 Å². The number of amides is 2. The van der Waals surface area contributed by atoms with E-state index in [4.69, 9.17) is 5.73 Å². The lowest BCUT2D eigenvalue weighted by Crippen LogP contribution is -2.31. The summed E-state index contributed by atoms with van der Waals surface area (Å²) in [5.74, 6) is -0.598. The molecule has 1 rings (SSSR count). The second-order valence-electron chi connectivity index (χ2n) is 4.23. The number of alkyl halides is 1. The van der Waals surface area contributed by atoms with Crippen LogP contribution in [0.4, 0.5) is 5.69 Å². The molecule has 17 heavy (non-hydrogen) atoms. The number of nitrogens with one attached hydrogen (secondary N) is 1. The Hall–Kier alpha value is -1.36. The second kappa shape index (κ2) is 5.31. The van der Waals surface area contributed by atoms with Gasteiger partial charge in [0.1, 0.15) is 0 Å². The van der Waals surface area contributed by atoms with Crippen LogP contribution in [0.2, 0.25) is 0 Å². The molecule has 0 aliphatic carbocycles. The summed E-state index contributed by atoms with van der Waals surface area (Å²) in [4.78, 5) is 22.7. The molecule has 0 spiro atoms. The van der Waals surface area contributed by atoms with Crippen LogP contribution >= 0.6 is 15.9 Å². The summed E-state index contributed by atoms with van der Waals surface area (Å²) >= 11 is 3.27. The van der Waals surface area contributed by atoms with Gasteiger partial charge in [-0.15, -0.1) is 0 Å². The van der Waals surface area contributed by atoms with E-state index in [1.165, 1.54) is 0 Å². The predicted molar refractivity (Wildman–Crippen MR) is 71.0 cm³/mol. The van der Waals surface area contributed by atoms with Crippen molar-refractivity contribution in [3.63, 3.8) is 0 Å². The van der Waals surface area contributed by atoms with Gasteiger partial charge >= 0.3 is 0 Å². The number of nitrogens with two attached hydrogens (primary N) is 1. The summed E-state index contributed by atoms with van der Waals surface area (Å²) < 4.78 is -0.660. The lowest BCUT2D eigenvalue weighted by Gasteiger charge is -2.17. The highest BCUT2D eigenvalue weighted by molar-refractivity contribution is 9.10. The largest absolute Gasteiger partial charge is 0.369 e. The Bertz CT molecular complexity index is 438. The molecule has 0 bridgehead atoms. The molecule has 1 aromatic rings. The fourth-order valence-electron chi connectivity index (χ4n) is 1.26. The summed E-state index contributed by atoms with van der Waals surface area (Å²) in [7, 11) is 0. The van der Waals surface area contributed by atoms with Crippen molar-refractivity contribution >= 4 is 33.4 Å². The van der Waals surface area contributed by atoms with E-state index in [1.807, 2.05) is 0 Å². The number of hydrogen-bond donors (Lipinski definition) is 2. The van der Waals surface area contributed by atoms with Gasteiger partial charge in [0.25, 0.3) is 0 Å². The van der Waals surface area contributed by atoms with Gasteiger partial charge in [-0.25, -0.2) is 0 Å². The number of halogens is 1. The van der Waals surface area contributed by atoms with Crippen molar-refractivity contribution in [1.29, 1.82) is 0 Å². The van der Waals surface area contributed by atoms with Crippen LogP contribution in [-0.2, 0) is 16.0 Å². The van der Waals surface area contributed by atoms with Gasteiger partial charge < -0.3 is 11.1 Å². The van der Waals surface area contributed by atoms with Crippen LogP contribution in [0, 0.1) is 0 Å². The van der Waals surface area contributed by atoms with E-state index in [-0.39, 0.29) is 12.3 Å². The summed E-state index contributed by atoms with van der Waals surface area (Å²) in [5, 5.41) is 2.76. The zero-order valence-electron chi connectivity index (χ0n) is 9.79. The molecule has 0 fully saturated rings. The molecule has 0 atom stereocenters. The smallest absolute Gasteiger partial charge is 0.240 e. The summed E-state index contributed by atoms with van der Waals surface area (Å²) in [6, 6.07) is 7.10. The number of carbonyl (C=O) groups is 2. The topological polar surface area (TPSA) is 72.2 Å². The molecule has 0 aromatic heterocycles. The minimum Gasteiger partial charge on any atom is -0.369 e. The van der Waals surface area contributed by atoms with Crippen LogP contribution in [0.5, 0.6) is 0 Å². The number of rotatable bonds is 4. The summed E-state index contributed by atoms with van der Waals surface area (Å²) in [6.07, 6.45) is 0.110. The first-order valence-corrected chi connectivity index (χ1v) is 5.96. The minimum atomic E-state index is -0.660. The SMILES string of the molecule is CC(C)(Br)C(=O)Nc1ccccc1CC(N)=O. The maximum Gasteiger partial charge on any atom is 0.240 e. The Labute approximate surface area is 109 Å². The Morgan fingerprint density at radius 1 is 1.35 bits per heavy atom. The molecule has 0 radical (unpaired) electrons. The second-order valence-corrected chi connectivity index (χ2v) is 6.21. The zero-order valence-corrected chi connectivity index (χ0v) is 11.4. The van der Waals surface area contributed by atoms with E-state index in [9.17, 15) is 9.59 Å². The number of para-hydroxylation sites is 1. The number of primary amides is 1. The van der Waals surface area contributed by atoms with Crippen molar-refractivity contribution in [1.82, 2.24) is 0 Å². The van der Waals surface area contributed by atoms with Crippen LogP contribution in [-0.4, -0.2) is 16.1 Å². The van der Waals surface area contributed by atoms with E-state index in [0.29, 0.717) is 11.3 Å². The van der Waals surface area contributed by atoms with Crippen molar-refractivity contribution in [2.75, 3.05) is 5.32 Å². The van der Waals surface area contributed by atoms with E-state index in [2.05, 4.69) is 21.2 Å². The molecule has 1 aromatic carbocycles.